The number of amides is 1. The lowest BCUT2D eigenvalue weighted by Gasteiger charge is -2.37. The molecule has 4 aromatic carbocycles. The van der Waals surface area contributed by atoms with Crippen LogP contribution in [-0.2, 0) is 15.1 Å². The highest BCUT2D eigenvalue weighted by Crippen LogP contribution is 2.43. The molecule has 1 N–H and O–H groups in total. The number of methoxy groups -OCH3 is 2. The lowest BCUT2D eigenvalue weighted by Crippen LogP contribution is -2.37. The second-order valence-corrected chi connectivity index (χ2v) is 12.3. The van der Waals surface area contributed by atoms with Crippen LogP contribution in [0.5, 0.6) is 11.5 Å². The van der Waals surface area contributed by atoms with E-state index in [0.717, 1.165) is 28.2 Å². The van der Waals surface area contributed by atoms with E-state index in [4.69, 9.17) is 31.6 Å². The van der Waals surface area contributed by atoms with Gasteiger partial charge in [0.2, 0.25) is 0 Å². The number of hydrogen-bond donors (Lipinski definition) is 2. The number of carbonyl (C=O) groups is 1. The molecule has 1 fully saturated rings. The summed E-state index contributed by atoms with van der Waals surface area (Å²) in [6.45, 7) is 0.234. The third kappa shape index (κ3) is 6.35. The quantitative estimate of drug-likeness (QED) is 0.116. The lowest BCUT2D eigenvalue weighted by molar-refractivity contribution is -0.0746. The molecule has 2 aromatic heterocycles. The molecule has 1 saturated heterocycles. The molecule has 0 radical (unpaired) electrons. The zero-order valence-electron chi connectivity index (χ0n) is 27.0. The predicted molar refractivity (Wildman–Crippen MR) is 189 cm³/mol. The summed E-state index contributed by atoms with van der Waals surface area (Å²) < 4.78 is 26.5. The molecular formula is C38H35N5O5S. The number of nitrogens with one attached hydrogen (secondary N) is 1. The van der Waals surface area contributed by atoms with Crippen LogP contribution in [0.3, 0.4) is 0 Å². The summed E-state index contributed by atoms with van der Waals surface area (Å²) in [5.74, 6) is 1.54. The van der Waals surface area contributed by atoms with Gasteiger partial charge in [-0.15, -0.1) is 0 Å². The van der Waals surface area contributed by atoms with E-state index in [9.17, 15) is 4.79 Å². The van der Waals surface area contributed by atoms with Gasteiger partial charge in [-0.25, -0.2) is 15.0 Å². The maximum atomic E-state index is 12.9. The first kappa shape index (κ1) is 32.3. The first-order valence-corrected chi connectivity index (χ1v) is 16.4. The van der Waals surface area contributed by atoms with Crippen molar-refractivity contribution in [1.82, 2.24) is 19.5 Å². The molecule has 0 spiro atoms. The number of fused-ring (bicyclic) bond motifs is 1. The lowest BCUT2D eigenvalue weighted by atomic mass is 9.80. The van der Waals surface area contributed by atoms with Gasteiger partial charge < -0.3 is 24.3 Å². The van der Waals surface area contributed by atoms with Crippen LogP contribution in [0.2, 0.25) is 0 Å². The minimum Gasteiger partial charge on any atom is -0.497 e. The van der Waals surface area contributed by atoms with Crippen LogP contribution in [0.25, 0.3) is 11.2 Å². The van der Waals surface area contributed by atoms with Crippen LogP contribution < -0.4 is 14.8 Å². The van der Waals surface area contributed by atoms with Crippen LogP contribution >= 0.6 is 12.6 Å². The van der Waals surface area contributed by atoms with Crippen molar-refractivity contribution in [2.75, 3.05) is 26.1 Å². The Balaban J connectivity index is 1.18. The Hall–Kier alpha value is -5.23. The third-order valence-corrected chi connectivity index (χ3v) is 9.32. The molecule has 3 heterocycles. The largest absolute Gasteiger partial charge is 0.497 e. The van der Waals surface area contributed by atoms with E-state index in [1.54, 1.807) is 32.7 Å². The van der Waals surface area contributed by atoms with Crippen molar-refractivity contribution >= 4 is 35.5 Å². The standard InChI is InChI=1S/C38H35N5O5S/c1-45-29-17-13-27(14-18-29)38(26-11-7-4-8-12-26,28-15-19-30(46-2)20-16-28)47-22-31-32(49)21-33(48-31)43-24-41-34-35(39-23-40-36(34)43)42-37(44)25-9-5-3-6-10-25/h3-20,23-24,31-33,49H,21-22H2,1-2H3,(H,39,40,42,44)/t31-,32+,33-/m1/s1. The summed E-state index contributed by atoms with van der Waals surface area (Å²) in [5.41, 5.74) is 3.35. The van der Waals surface area contributed by atoms with Crippen molar-refractivity contribution in [2.45, 2.75) is 29.6 Å². The Morgan fingerprint density at radius 3 is 2.04 bits per heavy atom. The number of anilines is 1. The first-order valence-electron chi connectivity index (χ1n) is 15.9. The summed E-state index contributed by atoms with van der Waals surface area (Å²) in [5, 5.41) is 2.71. The highest BCUT2D eigenvalue weighted by Gasteiger charge is 2.42. The van der Waals surface area contributed by atoms with Gasteiger partial charge in [0.25, 0.3) is 5.91 Å². The topological polar surface area (TPSA) is 110 Å². The molecule has 6 aromatic rings. The molecular weight excluding hydrogens is 639 g/mol. The summed E-state index contributed by atoms with van der Waals surface area (Å²) in [6.07, 6.45) is 2.87. The Morgan fingerprint density at radius 2 is 1.43 bits per heavy atom. The second kappa shape index (κ2) is 14.1. The second-order valence-electron chi connectivity index (χ2n) is 11.6. The number of aromatic nitrogens is 4. The van der Waals surface area contributed by atoms with Crippen LogP contribution in [0.15, 0.2) is 122 Å². The molecule has 0 saturated carbocycles. The first-order chi connectivity index (χ1) is 24.0. The Morgan fingerprint density at radius 1 is 0.837 bits per heavy atom. The molecule has 1 aliphatic rings. The van der Waals surface area contributed by atoms with Crippen LogP contribution in [0.1, 0.15) is 39.7 Å². The number of imidazole rings is 1. The highest BCUT2D eigenvalue weighted by molar-refractivity contribution is 7.81. The van der Waals surface area contributed by atoms with Crippen LogP contribution in [-0.4, -0.2) is 57.6 Å². The van der Waals surface area contributed by atoms with E-state index in [0.29, 0.717) is 29.0 Å². The zero-order chi connectivity index (χ0) is 33.8. The normalized spacial score (nSPS) is 17.6. The van der Waals surface area contributed by atoms with E-state index in [1.807, 2.05) is 89.5 Å². The Labute approximate surface area is 289 Å². The monoisotopic (exact) mass is 673 g/mol. The molecule has 10 nitrogen and oxygen atoms in total. The van der Waals surface area contributed by atoms with Crippen molar-refractivity contribution in [1.29, 1.82) is 0 Å². The van der Waals surface area contributed by atoms with Gasteiger partial charge in [-0.05, 0) is 53.1 Å². The minimum absolute atomic E-state index is 0.151. The van der Waals surface area contributed by atoms with Crippen molar-refractivity contribution < 1.29 is 23.7 Å². The number of carbonyl (C=O) groups excluding carboxylic acids is 1. The predicted octanol–water partition coefficient (Wildman–Crippen LogP) is 6.69. The van der Waals surface area contributed by atoms with E-state index >= 15 is 0 Å². The number of hydrogen-bond acceptors (Lipinski definition) is 9. The van der Waals surface area contributed by atoms with Gasteiger partial charge in [0.15, 0.2) is 17.0 Å². The van der Waals surface area contributed by atoms with Crippen molar-refractivity contribution in [2.24, 2.45) is 0 Å². The van der Waals surface area contributed by atoms with E-state index < -0.39 is 11.8 Å². The Bertz CT molecular complexity index is 1980. The third-order valence-electron chi connectivity index (χ3n) is 8.78. The van der Waals surface area contributed by atoms with E-state index in [-0.39, 0.29) is 23.9 Å². The Kier molecular flexibility index (Phi) is 9.30. The van der Waals surface area contributed by atoms with Gasteiger partial charge in [-0.2, -0.15) is 12.6 Å². The molecule has 7 rings (SSSR count). The maximum Gasteiger partial charge on any atom is 0.256 e. The average Bonchev–Trinajstić information content (AvgIpc) is 3.76. The molecule has 0 bridgehead atoms. The molecule has 3 atom stereocenters. The molecule has 49 heavy (non-hydrogen) atoms. The van der Waals surface area contributed by atoms with Crippen molar-refractivity contribution in [3.8, 4) is 11.5 Å². The SMILES string of the molecule is COc1ccc(C(OC[C@H]2O[C@@H](n3cnc4c(NC(=O)c5ccccc5)ncnc43)C[C@@H]2S)(c2ccccc2)c2ccc(OC)cc2)cc1. The number of rotatable bonds is 11. The summed E-state index contributed by atoms with van der Waals surface area (Å²) >= 11 is 4.96. The molecule has 11 heteroatoms. The number of ether oxygens (including phenoxy) is 4. The molecule has 1 amide bonds. The van der Waals surface area contributed by atoms with Crippen molar-refractivity contribution in [3.63, 3.8) is 0 Å². The van der Waals surface area contributed by atoms with Crippen LogP contribution in [0.4, 0.5) is 5.82 Å². The number of thiol groups is 1. The molecule has 0 aliphatic carbocycles. The number of nitrogens with zero attached hydrogens (tertiary/aromatic N) is 4. The molecule has 0 unspecified atom stereocenters. The maximum absolute atomic E-state index is 12.9. The fourth-order valence-corrected chi connectivity index (χ4v) is 6.58. The average molecular weight is 674 g/mol. The van der Waals surface area contributed by atoms with Crippen molar-refractivity contribution in [3.05, 3.63) is 144 Å². The number of benzene rings is 4. The van der Waals surface area contributed by atoms with Gasteiger partial charge in [0.05, 0.1) is 33.3 Å². The molecule has 248 valence electrons. The summed E-state index contributed by atoms with van der Waals surface area (Å²) in [6, 6.07) is 34.9. The summed E-state index contributed by atoms with van der Waals surface area (Å²) in [4.78, 5) is 26.2. The molecule has 1 aliphatic heterocycles. The highest BCUT2D eigenvalue weighted by atomic mass is 32.1. The van der Waals surface area contributed by atoms with E-state index in [2.05, 4.69) is 32.4 Å². The fraction of sp³-hybridized carbons (Fsp3) is 0.211. The smallest absolute Gasteiger partial charge is 0.256 e. The van der Waals surface area contributed by atoms with Gasteiger partial charge in [-0.3, -0.25) is 9.36 Å². The van der Waals surface area contributed by atoms with Gasteiger partial charge in [-0.1, -0.05) is 72.8 Å². The minimum atomic E-state index is -0.991. The van der Waals surface area contributed by atoms with Gasteiger partial charge in [0.1, 0.15) is 29.7 Å². The summed E-state index contributed by atoms with van der Waals surface area (Å²) in [7, 11) is 3.30. The van der Waals surface area contributed by atoms with E-state index in [1.165, 1.54) is 6.33 Å². The van der Waals surface area contributed by atoms with Gasteiger partial charge in [0, 0.05) is 17.2 Å². The van der Waals surface area contributed by atoms with Crippen LogP contribution in [0, 0.1) is 0 Å². The van der Waals surface area contributed by atoms with Gasteiger partial charge >= 0.3 is 0 Å². The fourth-order valence-electron chi connectivity index (χ4n) is 6.24. The zero-order valence-corrected chi connectivity index (χ0v) is 27.9.